The van der Waals surface area contributed by atoms with E-state index in [-0.39, 0.29) is 5.69 Å². The number of aromatic amines is 1. The summed E-state index contributed by atoms with van der Waals surface area (Å²) in [4.78, 5) is 17.9. The number of rotatable bonds is 2. The molecule has 0 aliphatic carbocycles. The molecule has 0 amide bonds. The quantitative estimate of drug-likeness (QED) is 0.677. The SMILES string of the molecule is Nc1c(F)c(-c2ccc3cc[nH]c3c2)nc(C(=O)O)c1Cl. The van der Waals surface area contributed by atoms with Gasteiger partial charge in [0.1, 0.15) is 5.69 Å². The highest BCUT2D eigenvalue weighted by Crippen LogP contribution is 2.33. The molecular formula is C14H9ClFN3O2. The number of nitrogens with two attached hydrogens (primary N) is 1. The van der Waals surface area contributed by atoms with Crippen LogP contribution >= 0.6 is 11.6 Å². The molecule has 106 valence electrons. The fourth-order valence-corrected chi connectivity index (χ4v) is 2.30. The second-order valence-corrected chi connectivity index (χ2v) is 4.81. The molecule has 3 aromatic rings. The number of nitrogens with zero attached hydrogens (tertiary/aromatic N) is 1. The maximum atomic E-state index is 14.2. The van der Waals surface area contributed by atoms with Crippen molar-refractivity contribution in [2.45, 2.75) is 0 Å². The van der Waals surface area contributed by atoms with Crippen LogP contribution in [-0.4, -0.2) is 21.0 Å². The topological polar surface area (TPSA) is 92.0 Å². The summed E-state index contributed by atoms with van der Waals surface area (Å²) in [6.07, 6.45) is 1.75. The minimum Gasteiger partial charge on any atom is -0.476 e. The minimum absolute atomic E-state index is 0.147. The number of nitrogen functional groups attached to an aromatic ring is 1. The Balaban J connectivity index is 2.28. The molecule has 0 aliphatic rings. The maximum Gasteiger partial charge on any atom is 0.356 e. The van der Waals surface area contributed by atoms with Crippen molar-refractivity contribution in [3.63, 3.8) is 0 Å². The zero-order valence-electron chi connectivity index (χ0n) is 10.5. The van der Waals surface area contributed by atoms with E-state index in [0.717, 1.165) is 10.9 Å². The van der Waals surface area contributed by atoms with Gasteiger partial charge in [-0.3, -0.25) is 0 Å². The van der Waals surface area contributed by atoms with Gasteiger partial charge in [0.25, 0.3) is 0 Å². The van der Waals surface area contributed by atoms with Crippen LogP contribution in [0.4, 0.5) is 10.1 Å². The molecule has 0 spiro atoms. The van der Waals surface area contributed by atoms with E-state index in [1.165, 1.54) is 0 Å². The Hall–Kier alpha value is -2.60. The van der Waals surface area contributed by atoms with Gasteiger partial charge in [0, 0.05) is 17.3 Å². The van der Waals surface area contributed by atoms with Gasteiger partial charge in [-0.2, -0.15) is 0 Å². The average Bonchev–Trinajstić information content (AvgIpc) is 2.92. The van der Waals surface area contributed by atoms with E-state index in [9.17, 15) is 9.18 Å². The lowest BCUT2D eigenvalue weighted by Crippen LogP contribution is -2.08. The fraction of sp³-hybridized carbons (Fsp3) is 0. The number of fused-ring (bicyclic) bond motifs is 1. The number of H-pyrrole nitrogens is 1. The second-order valence-electron chi connectivity index (χ2n) is 4.44. The lowest BCUT2D eigenvalue weighted by molar-refractivity contribution is 0.0691. The smallest absolute Gasteiger partial charge is 0.356 e. The van der Waals surface area contributed by atoms with Gasteiger partial charge in [0.2, 0.25) is 0 Å². The third kappa shape index (κ3) is 2.09. The van der Waals surface area contributed by atoms with E-state index >= 15 is 0 Å². The van der Waals surface area contributed by atoms with E-state index in [2.05, 4.69) is 9.97 Å². The highest BCUT2D eigenvalue weighted by atomic mass is 35.5. The van der Waals surface area contributed by atoms with Gasteiger partial charge >= 0.3 is 5.97 Å². The first-order chi connectivity index (χ1) is 9.99. The van der Waals surface area contributed by atoms with Crippen LogP contribution in [0.25, 0.3) is 22.2 Å². The molecule has 5 nitrogen and oxygen atoms in total. The van der Waals surface area contributed by atoms with Crippen LogP contribution in [0.2, 0.25) is 5.02 Å². The van der Waals surface area contributed by atoms with Gasteiger partial charge < -0.3 is 15.8 Å². The highest BCUT2D eigenvalue weighted by Gasteiger charge is 2.21. The average molecular weight is 306 g/mol. The number of carbonyl (C=O) groups is 1. The zero-order chi connectivity index (χ0) is 15.1. The van der Waals surface area contributed by atoms with Gasteiger partial charge in [-0.25, -0.2) is 14.2 Å². The predicted octanol–water partition coefficient (Wildman–Crippen LogP) is 3.30. The number of carboxylic acid groups (broad SMARTS) is 1. The molecule has 0 aliphatic heterocycles. The van der Waals surface area contributed by atoms with Gasteiger partial charge in [-0.05, 0) is 17.5 Å². The Bertz CT molecular complexity index is 876. The van der Waals surface area contributed by atoms with Gasteiger partial charge in [0.05, 0.1) is 10.7 Å². The summed E-state index contributed by atoms with van der Waals surface area (Å²) < 4.78 is 14.2. The Labute approximate surface area is 123 Å². The monoisotopic (exact) mass is 305 g/mol. The van der Waals surface area contributed by atoms with Crippen molar-refractivity contribution < 1.29 is 14.3 Å². The summed E-state index contributed by atoms with van der Waals surface area (Å²) in [6.45, 7) is 0. The number of pyridine rings is 1. The molecule has 0 radical (unpaired) electrons. The maximum absolute atomic E-state index is 14.2. The van der Waals surface area contributed by atoms with E-state index in [0.29, 0.717) is 5.56 Å². The Morgan fingerprint density at radius 3 is 2.86 bits per heavy atom. The number of benzene rings is 1. The summed E-state index contributed by atoms with van der Waals surface area (Å²) >= 11 is 5.72. The molecule has 7 heteroatoms. The van der Waals surface area contributed by atoms with Crippen LogP contribution in [-0.2, 0) is 0 Å². The summed E-state index contributed by atoms with van der Waals surface area (Å²) in [5, 5.41) is 9.61. The van der Waals surface area contributed by atoms with Gasteiger partial charge in [-0.15, -0.1) is 0 Å². The predicted molar refractivity (Wildman–Crippen MR) is 77.9 cm³/mol. The number of aromatic nitrogens is 2. The first-order valence-corrected chi connectivity index (χ1v) is 6.32. The number of halogens is 2. The number of hydrogen-bond donors (Lipinski definition) is 3. The molecular weight excluding hydrogens is 297 g/mol. The Morgan fingerprint density at radius 2 is 2.14 bits per heavy atom. The van der Waals surface area contributed by atoms with E-state index in [4.69, 9.17) is 22.4 Å². The molecule has 0 atom stereocenters. The van der Waals surface area contributed by atoms with Crippen molar-refractivity contribution in [1.29, 1.82) is 0 Å². The van der Waals surface area contributed by atoms with Crippen LogP contribution in [0.1, 0.15) is 10.5 Å². The van der Waals surface area contributed by atoms with Crippen molar-refractivity contribution in [3.05, 3.63) is 47.0 Å². The molecule has 0 saturated heterocycles. The number of hydrogen-bond acceptors (Lipinski definition) is 3. The third-order valence-corrected chi connectivity index (χ3v) is 3.53. The third-order valence-electron chi connectivity index (χ3n) is 3.14. The highest BCUT2D eigenvalue weighted by molar-refractivity contribution is 6.35. The standard InChI is InChI=1S/C14H9ClFN3O2/c15-9-11(17)10(16)12(19-13(9)14(20)21)7-2-1-6-3-4-18-8(6)5-7/h1-5,18H,(H2,17,19)(H,20,21). The van der Waals surface area contributed by atoms with Crippen LogP contribution in [0, 0.1) is 5.82 Å². The van der Waals surface area contributed by atoms with Gasteiger partial charge in [0.15, 0.2) is 11.5 Å². The first kappa shape index (κ1) is 13.4. The van der Waals surface area contributed by atoms with Crippen LogP contribution in [0.5, 0.6) is 0 Å². The summed E-state index contributed by atoms with van der Waals surface area (Å²) in [7, 11) is 0. The number of carboxylic acids is 1. The van der Waals surface area contributed by atoms with Crippen LogP contribution in [0.3, 0.4) is 0 Å². The van der Waals surface area contributed by atoms with Crippen molar-refractivity contribution in [2.75, 3.05) is 5.73 Å². The second kappa shape index (κ2) is 4.75. The molecule has 2 aromatic heterocycles. The molecule has 21 heavy (non-hydrogen) atoms. The van der Waals surface area contributed by atoms with Crippen molar-refractivity contribution in [2.24, 2.45) is 0 Å². The first-order valence-electron chi connectivity index (χ1n) is 5.94. The largest absolute Gasteiger partial charge is 0.476 e. The van der Waals surface area contributed by atoms with Crippen LogP contribution in [0.15, 0.2) is 30.5 Å². The number of anilines is 1. The molecule has 0 unspecified atom stereocenters. The molecule has 2 heterocycles. The van der Waals surface area contributed by atoms with Gasteiger partial charge in [-0.1, -0.05) is 23.7 Å². The Kier molecular flexibility index (Phi) is 3.03. The van der Waals surface area contributed by atoms with Crippen molar-refractivity contribution in [3.8, 4) is 11.3 Å². The lowest BCUT2D eigenvalue weighted by Gasteiger charge is -2.09. The molecule has 0 fully saturated rings. The Morgan fingerprint density at radius 1 is 1.38 bits per heavy atom. The lowest BCUT2D eigenvalue weighted by atomic mass is 10.1. The molecule has 0 saturated carbocycles. The van der Waals surface area contributed by atoms with E-state index in [1.807, 2.05) is 6.07 Å². The number of aromatic carboxylic acids is 1. The number of nitrogens with one attached hydrogen (secondary N) is 1. The summed E-state index contributed by atoms with van der Waals surface area (Å²) in [5.41, 5.74) is 5.67. The normalized spacial score (nSPS) is 11.0. The van der Waals surface area contributed by atoms with E-state index < -0.39 is 28.2 Å². The molecule has 0 bridgehead atoms. The van der Waals surface area contributed by atoms with Crippen molar-refractivity contribution >= 4 is 34.2 Å². The van der Waals surface area contributed by atoms with E-state index in [1.54, 1.807) is 24.4 Å². The van der Waals surface area contributed by atoms with Crippen LogP contribution < -0.4 is 5.73 Å². The summed E-state index contributed by atoms with van der Waals surface area (Å²) in [6, 6.07) is 6.94. The molecule has 1 aromatic carbocycles. The molecule has 4 N–H and O–H groups in total. The summed E-state index contributed by atoms with van der Waals surface area (Å²) in [5.74, 6) is -2.20. The zero-order valence-corrected chi connectivity index (χ0v) is 11.3. The fourth-order valence-electron chi connectivity index (χ4n) is 2.09. The van der Waals surface area contributed by atoms with Crippen molar-refractivity contribution in [1.82, 2.24) is 9.97 Å². The molecule has 3 rings (SSSR count). The minimum atomic E-state index is -1.37.